The average molecular weight is 337 g/mol. The number of hydrogen-bond donors (Lipinski definition) is 1. The highest BCUT2D eigenvalue weighted by Crippen LogP contribution is 2.42. The zero-order valence-corrected chi connectivity index (χ0v) is 13.4. The van der Waals surface area contributed by atoms with Crippen molar-refractivity contribution in [3.05, 3.63) is 23.8 Å². The van der Waals surface area contributed by atoms with Gasteiger partial charge in [-0.3, -0.25) is 0 Å². The molecular formula is C18H21F2NO3. The van der Waals surface area contributed by atoms with Crippen molar-refractivity contribution < 1.29 is 23.4 Å². The highest BCUT2D eigenvalue weighted by Gasteiger charge is 2.37. The lowest BCUT2D eigenvalue weighted by Crippen LogP contribution is -2.32. The number of benzene rings is 1. The molecule has 2 saturated carbocycles. The van der Waals surface area contributed by atoms with Gasteiger partial charge in [-0.1, -0.05) is 6.07 Å². The monoisotopic (exact) mass is 337 g/mol. The van der Waals surface area contributed by atoms with Crippen molar-refractivity contribution in [2.24, 2.45) is 5.92 Å². The summed E-state index contributed by atoms with van der Waals surface area (Å²) in [5, 5.41) is 19.4. The Bertz CT molecular complexity index is 617. The van der Waals surface area contributed by atoms with Gasteiger partial charge in [-0.2, -0.15) is 14.0 Å². The van der Waals surface area contributed by atoms with Gasteiger partial charge in [0, 0.05) is 0 Å². The first-order valence-corrected chi connectivity index (χ1v) is 8.34. The van der Waals surface area contributed by atoms with E-state index in [9.17, 15) is 19.1 Å². The molecule has 0 aliphatic heterocycles. The second-order valence-electron chi connectivity index (χ2n) is 6.72. The molecule has 0 spiro atoms. The molecule has 0 bridgehead atoms. The smallest absolute Gasteiger partial charge is 0.387 e. The number of nitriles is 1. The summed E-state index contributed by atoms with van der Waals surface area (Å²) in [6.07, 6.45) is 4.00. The predicted molar refractivity (Wildman–Crippen MR) is 83.1 cm³/mol. The van der Waals surface area contributed by atoms with E-state index in [0.717, 1.165) is 18.4 Å². The zero-order chi connectivity index (χ0) is 17.2. The molecule has 0 atom stereocenters. The Balaban J connectivity index is 1.86. The van der Waals surface area contributed by atoms with Crippen LogP contribution in [0, 0.1) is 17.2 Å². The van der Waals surface area contributed by atoms with Crippen molar-refractivity contribution in [2.45, 2.75) is 56.7 Å². The van der Waals surface area contributed by atoms with Gasteiger partial charge in [-0.25, -0.2) is 0 Å². The number of aliphatic hydroxyl groups excluding tert-OH is 1. The van der Waals surface area contributed by atoms with Crippen molar-refractivity contribution >= 4 is 0 Å². The molecule has 1 aromatic rings. The van der Waals surface area contributed by atoms with Gasteiger partial charge in [-0.05, 0) is 62.1 Å². The molecule has 0 saturated heterocycles. The van der Waals surface area contributed by atoms with Crippen LogP contribution in [-0.4, -0.2) is 24.4 Å². The van der Waals surface area contributed by atoms with Crippen molar-refractivity contribution in [2.75, 3.05) is 6.61 Å². The molecule has 2 aliphatic rings. The fourth-order valence-electron chi connectivity index (χ4n) is 3.16. The van der Waals surface area contributed by atoms with Gasteiger partial charge >= 0.3 is 6.61 Å². The molecule has 0 aromatic heterocycles. The quantitative estimate of drug-likeness (QED) is 0.858. The van der Waals surface area contributed by atoms with Crippen molar-refractivity contribution in [1.82, 2.24) is 0 Å². The van der Waals surface area contributed by atoms with Gasteiger partial charge in [0.05, 0.1) is 24.2 Å². The maximum Gasteiger partial charge on any atom is 0.387 e. The van der Waals surface area contributed by atoms with E-state index in [2.05, 4.69) is 10.8 Å². The summed E-state index contributed by atoms with van der Waals surface area (Å²) in [4.78, 5) is 0. The zero-order valence-electron chi connectivity index (χ0n) is 13.4. The highest BCUT2D eigenvalue weighted by atomic mass is 19.3. The first-order valence-electron chi connectivity index (χ1n) is 8.34. The Kier molecular flexibility index (Phi) is 4.91. The Morgan fingerprint density at radius 3 is 2.50 bits per heavy atom. The van der Waals surface area contributed by atoms with Gasteiger partial charge < -0.3 is 14.6 Å². The van der Waals surface area contributed by atoms with Crippen LogP contribution in [0.25, 0.3) is 0 Å². The number of ether oxygens (including phenoxy) is 2. The highest BCUT2D eigenvalue weighted by molar-refractivity contribution is 5.47. The Morgan fingerprint density at radius 2 is 1.92 bits per heavy atom. The molecule has 1 aromatic carbocycles. The van der Waals surface area contributed by atoms with Crippen LogP contribution in [0.15, 0.2) is 18.2 Å². The molecule has 0 amide bonds. The first-order chi connectivity index (χ1) is 11.5. The van der Waals surface area contributed by atoms with E-state index < -0.39 is 12.0 Å². The van der Waals surface area contributed by atoms with Crippen molar-refractivity contribution in [3.63, 3.8) is 0 Å². The Morgan fingerprint density at radius 1 is 1.21 bits per heavy atom. The van der Waals surface area contributed by atoms with Crippen LogP contribution in [0.3, 0.4) is 0 Å². The Labute approximate surface area is 140 Å². The number of hydrogen-bond acceptors (Lipinski definition) is 4. The van der Waals surface area contributed by atoms with E-state index in [1.807, 2.05) is 0 Å². The minimum atomic E-state index is -2.92. The maximum absolute atomic E-state index is 12.6. The SMILES string of the molecule is N#C[C@]1(c2ccc(OC(F)F)c(OCC3CC3)c2)CC[C@@H](O)CC1. The third kappa shape index (κ3) is 3.78. The van der Waals surface area contributed by atoms with Crippen LogP contribution in [0.5, 0.6) is 11.5 Å². The summed E-state index contributed by atoms with van der Waals surface area (Å²) in [7, 11) is 0. The fourth-order valence-corrected chi connectivity index (χ4v) is 3.16. The van der Waals surface area contributed by atoms with Crippen LogP contribution >= 0.6 is 0 Å². The summed E-state index contributed by atoms with van der Waals surface area (Å²) in [6.45, 7) is -2.45. The molecule has 24 heavy (non-hydrogen) atoms. The molecule has 4 nitrogen and oxygen atoms in total. The summed E-state index contributed by atoms with van der Waals surface area (Å²) in [5.74, 6) is 0.738. The molecule has 2 aliphatic carbocycles. The lowest BCUT2D eigenvalue weighted by atomic mass is 9.70. The van der Waals surface area contributed by atoms with Gasteiger partial charge in [0.25, 0.3) is 0 Å². The summed E-state index contributed by atoms with van der Waals surface area (Å²) in [5.41, 5.74) is 0.0321. The van der Waals surface area contributed by atoms with Crippen LogP contribution in [-0.2, 0) is 5.41 Å². The fraction of sp³-hybridized carbons (Fsp3) is 0.611. The number of aliphatic hydroxyl groups is 1. The van der Waals surface area contributed by atoms with E-state index >= 15 is 0 Å². The summed E-state index contributed by atoms with van der Waals surface area (Å²) >= 11 is 0. The molecular weight excluding hydrogens is 316 g/mol. The summed E-state index contributed by atoms with van der Waals surface area (Å²) in [6, 6.07) is 7.12. The molecule has 0 unspecified atom stereocenters. The van der Waals surface area contributed by atoms with Crippen molar-refractivity contribution in [3.8, 4) is 17.6 Å². The number of halogens is 2. The molecule has 0 radical (unpaired) electrons. The van der Waals surface area contributed by atoms with Crippen LogP contribution in [0.2, 0.25) is 0 Å². The molecule has 130 valence electrons. The van der Waals surface area contributed by atoms with Crippen LogP contribution < -0.4 is 9.47 Å². The van der Waals surface area contributed by atoms with E-state index in [-0.39, 0.29) is 17.6 Å². The number of rotatable bonds is 6. The molecule has 0 heterocycles. The van der Waals surface area contributed by atoms with Gasteiger partial charge in [0.15, 0.2) is 11.5 Å². The van der Waals surface area contributed by atoms with Gasteiger partial charge in [-0.15, -0.1) is 0 Å². The Hall–Kier alpha value is -1.87. The van der Waals surface area contributed by atoms with Crippen molar-refractivity contribution in [1.29, 1.82) is 5.26 Å². The summed E-state index contributed by atoms with van der Waals surface area (Å²) < 4.78 is 35.4. The topological polar surface area (TPSA) is 62.5 Å². The van der Waals surface area contributed by atoms with E-state index in [1.165, 1.54) is 6.07 Å². The maximum atomic E-state index is 12.6. The van der Waals surface area contributed by atoms with Gasteiger partial charge in [0.2, 0.25) is 0 Å². The van der Waals surface area contributed by atoms with Gasteiger partial charge in [0.1, 0.15) is 0 Å². The lowest BCUT2D eigenvalue weighted by Gasteiger charge is -2.33. The van der Waals surface area contributed by atoms with E-state index in [0.29, 0.717) is 38.2 Å². The minimum Gasteiger partial charge on any atom is -0.489 e. The first kappa shape index (κ1) is 17.0. The van der Waals surface area contributed by atoms with Crippen LogP contribution in [0.1, 0.15) is 44.1 Å². The standard InChI is InChI=1S/C18H21F2NO3/c19-17(20)24-15-4-3-13(9-16(15)23-10-12-1-2-12)18(11-21)7-5-14(22)6-8-18/h3-4,9,12,14,17,22H,1-2,5-8,10H2/t14-,18+. The minimum absolute atomic E-state index is 0.00154. The number of alkyl halides is 2. The second-order valence-corrected chi connectivity index (χ2v) is 6.72. The second kappa shape index (κ2) is 6.94. The molecule has 1 N–H and O–H groups in total. The third-order valence-electron chi connectivity index (χ3n) is 4.91. The van der Waals surface area contributed by atoms with E-state index in [4.69, 9.17) is 4.74 Å². The van der Waals surface area contributed by atoms with Crippen LogP contribution in [0.4, 0.5) is 8.78 Å². The lowest BCUT2D eigenvalue weighted by molar-refractivity contribution is -0.0515. The molecule has 2 fully saturated rings. The largest absolute Gasteiger partial charge is 0.489 e. The number of nitrogens with zero attached hydrogens (tertiary/aromatic N) is 1. The average Bonchev–Trinajstić information content (AvgIpc) is 3.39. The van der Waals surface area contributed by atoms with E-state index in [1.54, 1.807) is 12.1 Å². The normalized spacial score (nSPS) is 26.9. The molecule has 6 heteroatoms. The predicted octanol–water partition coefficient (Wildman–Crippen LogP) is 3.77. The third-order valence-corrected chi connectivity index (χ3v) is 4.91. The molecule has 3 rings (SSSR count).